The van der Waals surface area contributed by atoms with E-state index < -0.39 is 16.9 Å². The number of likely N-dealkylation sites (tertiary alicyclic amines) is 1. The number of aromatic nitrogens is 3. The maximum Gasteiger partial charge on any atom is 0.310 e. The smallest absolute Gasteiger partial charge is 0.310 e. The van der Waals surface area contributed by atoms with Crippen molar-refractivity contribution in [2.24, 2.45) is 17.1 Å². The van der Waals surface area contributed by atoms with Gasteiger partial charge in [0.05, 0.1) is 5.41 Å². The predicted molar refractivity (Wildman–Crippen MR) is 173 cm³/mol. The molecule has 3 heterocycles. The van der Waals surface area contributed by atoms with E-state index in [1.807, 2.05) is 56.3 Å². The topological polar surface area (TPSA) is 118 Å². The van der Waals surface area contributed by atoms with Crippen molar-refractivity contribution in [1.82, 2.24) is 20.0 Å². The van der Waals surface area contributed by atoms with E-state index in [-0.39, 0.29) is 6.04 Å². The highest BCUT2D eigenvalue weighted by Crippen LogP contribution is 2.40. The first-order chi connectivity index (χ1) is 20.9. The number of nitrogens with zero attached hydrogens (tertiary/aromatic N) is 4. The van der Waals surface area contributed by atoms with Crippen molar-refractivity contribution >= 4 is 17.6 Å². The second-order valence-corrected chi connectivity index (χ2v) is 13.7. The summed E-state index contributed by atoms with van der Waals surface area (Å²) in [4.78, 5) is 23.7. The maximum atomic E-state index is 12.5. The molecular formula is C35H42ClN5O3. The van der Waals surface area contributed by atoms with Crippen LogP contribution in [0.15, 0.2) is 71.5 Å². The fourth-order valence-electron chi connectivity index (χ4n) is 6.18. The Hall–Kier alpha value is -3.59. The molecule has 1 saturated heterocycles. The first-order valence-electron chi connectivity index (χ1n) is 15.3. The van der Waals surface area contributed by atoms with Crippen LogP contribution >= 0.6 is 11.6 Å². The van der Waals surface area contributed by atoms with Crippen LogP contribution in [0.2, 0.25) is 5.02 Å². The van der Waals surface area contributed by atoms with Gasteiger partial charge < -0.3 is 15.4 Å². The molecule has 0 spiro atoms. The minimum absolute atomic E-state index is 0.0431. The predicted octanol–water partition coefficient (Wildman–Crippen LogP) is 7.23. The van der Waals surface area contributed by atoms with Crippen molar-refractivity contribution in [2.75, 3.05) is 13.1 Å². The van der Waals surface area contributed by atoms with E-state index in [9.17, 15) is 9.90 Å². The first-order valence-corrected chi connectivity index (χ1v) is 15.7. The fraction of sp³-hybridized carbons (Fsp3) is 0.429. The van der Waals surface area contributed by atoms with Crippen LogP contribution in [0.4, 0.5) is 0 Å². The zero-order valence-electron chi connectivity index (χ0n) is 26.0. The molecule has 8 nitrogen and oxygen atoms in total. The number of carbonyl (C=O) groups is 1. The summed E-state index contributed by atoms with van der Waals surface area (Å²) < 4.78 is 5.60. The Morgan fingerprint density at radius 2 is 1.82 bits per heavy atom. The van der Waals surface area contributed by atoms with Gasteiger partial charge in [0.1, 0.15) is 0 Å². The highest BCUT2D eigenvalue weighted by atomic mass is 35.5. The molecular weight excluding hydrogens is 574 g/mol. The normalized spacial score (nSPS) is 16.2. The number of aliphatic carboxylic acids is 1. The number of rotatable bonds is 11. The number of piperidine rings is 1. The third-order valence-electron chi connectivity index (χ3n) is 8.54. The molecule has 9 heteroatoms. The molecule has 1 aliphatic heterocycles. The van der Waals surface area contributed by atoms with Crippen molar-refractivity contribution in [3.05, 3.63) is 88.7 Å². The molecule has 4 aromatic rings. The van der Waals surface area contributed by atoms with Gasteiger partial charge in [0.2, 0.25) is 5.82 Å². The highest BCUT2D eigenvalue weighted by Gasteiger charge is 2.43. The molecule has 0 bridgehead atoms. The van der Waals surface area contributed by atoms with Crippen LogP contribution in [0.25, 0.3) is 22.8 Å². The average Bonchev–Trinajstić information content (AvgIpc) is 3.48. The molecule has 1 atom stereocenters. The number of nitrogens with two attached hydrogens (primary N) is 1. The van der Waals surface area contributed by atoms with Gasteiger partial charge in [-0.15, -0.1) is 0 Å². The Morgan fingerprint density at radius 3 is 2.41 bits per heavy atom. The second-order valence-electron chi connectivity index (χ2n) is 13.3. The second kappa shape index (κ2) is 13.2. The average molecular weight is 616 g/mol. The number of benzene rings is 2. The summed E-state index contributed by atoms with van der Waals surface area (Å²) in [5, 5.41) is 15.2. The number of hydrogen-bond acceptors (Lipinski definition) is 7. The molecule has 0 aliphatic carbocycles. The number of pyridine rings is 1. The Morgan fingerprint density at radius 1 is 1.11 bits per heavy atom. The van der Waals surface area contributed by atoms with Crippen LogP contribution in [0, 0.1) is 11.3 Å². The highest BCUT2D eigenvalue weighted by molar-refractivity contribution is 6.31. The minimum Gasteiger partial charge on any atom is -0.481 e. The molecule has 2 aromatic heterocycles. The molecule has 0 amide bonds. The molecule has 232 valence electrons. The first kappa shape index (κ1) is 31.8. The largest absolute Gasteiger partial charge is 0.481 e. The summed E-state index contributed by atoms with van der Waals surface area (Å²) in [7, 11) is 0. The molecule has 44 heavy (non-hydrogen) atoms. The summed E-state index contributed by atoms with van der Waals surface area (Å²) in [6.45, 7) is 9.74. The van der Waals surface area contributed by atoms with Gasteiger partial charge in [-0.1, -0.05) is 67.0 Å². The molecule has 5 rings (SSSR count). The van der Waals surface area contributed by atoms with Gasteiger partial charge in [0.25, 0.3) is 5.89 Å². The Labute approximate surface area is 264 Å². The molecule has 0 saturated carbocycles. The van der Waals surface area contributed by atoms with Gasteiger partial charge >= 0.3 is 5.97 Å². The van der Waals surface area contributed by atoms with E-state index in [1.165, 1.54) is 0 Å². The van der Waals surface area contributed by atoms with Gasteiger partial charge in [-0.05, 0) is 99.8 Å². The van der Waals surface area contributed by atoms with Gasteiger partial charge in [-0.3, -0.25) is 14.7 Å². The lowest BCUT2D eigenvalue weighted by molar-refractivity contribution is -0.152. The molecule has 2 aromatic carbocycles. The number of carboxylic acid groups (broad SMARTS) is 1. The van der Waals surface area contributed by atoms with Crippen molar-refractivity contribution in [1.29, 1.82) is 0 Å². The Balaban J connectivity index is 1.32. The summed E-state index contributed by atoms with van der Waals surface area (Å²) >= 11 is 6.54. The van der Waals surface area contributed by atoms with E-state index in [4.69, 9.17) is 21.9 Å². The van der Waals surface area contributed by atoms with Crippen molar-refractivity contribution < 1.29 is 14.4 Å². The zero-order valence-corrected chi connectivity index (χ0v) is 26.7. The quantitative estimate of drug-likeness (QED) is 0.181. The monoisotopic (exact) mass is 615 g/mol. The standard InChI is InChI=1S/C35H42ClN5O3/c1-23(2)18-27-11-12-28(19-29(27)36)32-39-31(40-44-32)26-9-7-25(8-10-26)30(21-34(3,4)37)41-16-13-35(14-17-41,33(42)43)20-24-6-5-15-38-22-24/h5-12,15,19,22-23,30H,13-14,16-18,20-21,37H2,1-4H3,(H,42,43). The van der Waals surface area contributed by atoms with Crippen molar-refractivity contribution in [3.63, 3.8) is 0 Å². The summed E-state index contributed by atoms with van der Waals surface area (Å²) in [6.07, 6.45) is 6.72. The van der Waals surface area contributed by atoms with Gasteiger partial charge in [-0.25, -0.2) is 0 Å². The Bertz CT molecular complexity index is 1560. The zero-order chi connectivity index (χ0) is 31.5. The molecule has 0 radical (unpaired) electrons. The summed E-state index contributed by atoms with van der Waals surface area (Å²) in [6, 6.07) is 17.9. The lowest BCUT2D eigenvalue weighted by Gasteiger charge is -2.44. The molecule has 1 unspecified atom stereocenters. The molecule has 3 N–H and O–H groups in total. The minimum atomic E-state index is -0.804. The number of halogens is 1. The lowest BCUT2D eigenvalue weighted by Crippen LogP contribution is -2.48. The third kappa shape index (κ3) is 7.54. The van der Waals surface area contributed by atoms with Crippen LogP contribution in [0.5, 0.6) is 0 Å². The van der Waals surface area contributed by atoms with Crippen molar-refractivity contribution in [3.8, 4) is 22.8 Å². The Kier molecular flexibility index (Phi) is 9.53. The van der Waals surface area contributed by atoms with E-state index >= 15 is 0 Å². The van der Waals surface area contributed by atoms with E-state index in [2.05, 4.69) is 46.0 Å². The fourth-order valence-corrected chi connectivity index (χ4v) is 6.44. The van der Waals surface area contributed by atoms with E-state index in [1.54, 1.807) is 12.4 Å². The van der Waals surface area contributed by atoms with Crippen molar-refractivity contribution in [2.45, 2.75) is 71.4 Å². The van der Waals surface area contributed by atoms with Crippen LogP contribution in [-0.2, 0) is 17.6 Å². The van der Waals surface area contributed by atoms with Crippen LogP contribution in [0.1, 0.15) is 69.7 Å². The maximum absolute atomic E-state index is 12.5. The van der Waals surface area contributed by atoms with Crippen LogP contribution in [0.3, 0.4) is 0 Å². The van der Waals surface area contributed by atoms with Gasteiger partial charge in [0.15, 0.2) is 0 Å². The van der Waals surface area contributed by atoms with Gasteiger partial charge in [-0.2, -0.15) is 4.98 Å². The van der Waals surface area contributed by atoms with Crippen LogP contribution < -0.4 is 5.73 Å². The number of carboxylic acids is 1. The third-order valence-corrected chi connectivity index (χ3v) is 8.89. The SMILES string of the molecule is CC(C)Cc1ccc(-c2nc(-c3ccc(C(CC(C)(C)N)N4CCC(Cc5cccnc5)(C(=O)O)CC4)cc3)no2)cc1Cl. The van der Waals surface area contributed by atoms with Gasteiger partial charge in [0, 0.05) is 40.1 Å². The lowest BCUT2D eigenvalue weighted by atomic mass is 9.73. The molecule has 1 fully saturated rings. The van der Waals surface area contributed by atoms with E-state index in [0.717, 1.165) is 40.7 Å². The summed E-state index contributed by atoms with van der Waals surface area (Å²) in [5.74, 6) is 0.697. The molecule has 1 aliphatic rings. The summed E-state index contributed by atoms with van der Waals surface area (Å²) in [5.41, 5.74) is 10.1. The van der Waals surface area contributed by atoms with E-state index in [0.29, 0.717) is 55.0 Å². The number of hydrogen-bond donors (Lipinski definition) is 2. The van der Waals surface area contributed by atoms with Crippen LogP contribution in [-0.4, -0.2) is 49.7 Å².